The fourth-order valence-corrected chi connectivity index (χ4v) is 1.77. The number of ether oxygens (including phenoxy) is 1. The summed E-state index contributed by atoms with van der Waals surface area (Å²) < 4.78 is 7.02. The number of hydrogen-bond donors (Lipinski definition) is 1. The molecule has 1 aromatic carbocycles. The molecule has 3 heteroatoms. The van der Waals surface area contributed by atoms with E-state index in [9.17, 15) is 0 Å². The van der Waals surface area contributed by atoms with E-state index in [0.717, 1.165) is 16.5 Å². The molecule has 0 bridgehead atoms. The van der Waals surface area contributed by atoms with Gasteiger partial charge in [-0.15, -0.1) is 0 Å². The zero-order chi connectivity index (χ0) is 12.1. The first kappa shape index (κ1) is 13.7. The Morgan fingerprint density at radius 1 is 1.25 bits per heavy atom. The van der Waals surface area contributed by atoms with Gasteiger partial charge in [-0.05, 0) is 38.0 Å². The van der Waals surface area contributed by atoms with Gasteiger partial charge in [0.25, 0.3) is 0 Å². The molecule has 0 aliphatic carbocycles. The third-order valence-electron chi connectivity index (χ3n) is 2.63. The van der Waals surface area contributed by atoms with Gasteiger partial charge in [0.05, 0.1) is 12.2 Å². The van der Waals surface area contributed by atoms with Crippen LogP contribution < -0.4 is 5.73 Å². The number of benzene rings is 1. The maximum Gasteiger partial charge on any atom is 0.0976 e. The Morgan fingerprint density at radius 2 is 1.81 bits per heavy atom. The lowest BCUT2D eigenvalue weighted by molar-refractivity contribution is -0.0161. The van der Waals surface area contributed by atoms with Gasteiger partial charge in [0.2, 0.25) is 0 Å². The van der Waals surface area contributed by atoms with Crippen LogP contribution >= 0.6 is 15.9 Å². The first-order valence-electron chi connectivity index (χ1n) is 5.71. The molecule has 0 aliphatic rings. The van der Waals surface area contributed by atoms with Gasteiger partial charge in [0.1, 0.15) is 0 Å². The largest absolute Gasteiger partial charge is 0.369 e. The van der Waals surface area contributed by atoms with Gasteiger partial charge in [0, 0.05) is 10.5 Å². The Bertz CT molecular complexity index is 310. The maximum atomic E-state index is 5.97. The number of hydrogen-bond acceptors (Lipinski definition) is 2. The first-order chi connectivity index (χ1) is 7.54. The Morgan fingerprint density at radius 3 is 2.25 bits per heavy atom. The predicted molar refractivity (Wildman–Crippen MR) is 71.4 cm³/mol. The molecule has 3 atom stereocenters. The monoisotopic (exact) mass is 285 g/mol. The molecular formula is C13H20BrNO. The van der Waals surface area contributed by atoms with Gasteiger partial charge < -0.3 is 10.5 Å². The van der Waals surface area contributed by atoms with E-state index in [-0.39, 0.29) is 18.2 Å². The highest BCUT2D eigenvalue weighted by Gasteiger charge is 2.18. The molecule has 0 saturated heterocycles. The van der Waals surface area contributed by atoms with Crippen molar-refractivity contribution < 1.29 is 4.74 Å². The first-order valence-corrected chi connectivity index (χ1v) is 6.50. The van der Waals surface area contributed by atoms with Gasteiger partial charge in [-0.3, -0.25) is 0 Å². The molecule has 3 unspecified atom stereocenters. The van der Waals surface area contributed by atoms with E-state index >= 15 is 0 Å². The van der Waals surface area contributed by atoms with Crippen molar-refractivity contribution in [2.24, 2.45) is 5.73 Å². The van der Waals surface area contributed by atoms with Crippen molar-refractivity contribution in [3.8, 4) is 0 Å². The summed E-state index contributed by atoms with van der Waals surface area (Å²) in [6.07, 6.45) is 1.21. The molecule has 16 heavy (non-hydrogen) atoms. The number of nitrogens with two attached hydrogens (primary N) is 1. The second kappa shape index (κ2) is 6.38. The van der Waals surface area contributed by atoms with Gasteiger partial charge in [-0.1, -0.05) is 35.0 Å². The number of halogens is 1. The molecule has 0 fully saturated rings. The molecule has 0 heterocycles. The summed E-state index contributed by atoms with van der Waals surface area (Å²) in [6.45, 7) is 6.17. The van der Waals surface area contributed by atoms with Crippen molar-refractivity contribution in [1.82, 2.24) is 0 Å². The minimum atomic E-state index is -0.0250. The molecule has 1 rings (SSSR count). The van der Waals surface area contributed by atoms with Crippen LogP contribution in [0.1, 0.15) is 38.9 Å². The van der Waals surface area contributed by atoms with Crippen molar-refractivity contribution in [2.75, 3.05) is 0 Å². The second-order valence-corrected chi connectivity index (χ2v) is 5.10. The minimum Gasteiger partial charge on any atom is -0.369 e. The quantitative estimate of drug-likeness (QED) is 0.896. The summed E-state index contributed by atoms with van der Waals surface area (Å²) in [5.41, 5.74) is 7.11. The molecule has 2 nitrogen and oxygen atoms in total. The molecule has 1 aromatic rings. The zero-order valence-electron chi connectivity index (χ0n) is 10.1. The summed E-state index contributed by atoms with van der Waals surface area (Å²) in [4.78, 5) is 0. The normalized spacial score (nSPS) is 16.8. The van der Waals surface area contributed by atoms with Gasteiger partial charge >= 0.3 is 0 Å². The van der Waals surface area contributed by atoms with Crippen LogP contribution in [-0.2, 0) is 4.74 Å². The van der Waals surface area contributed by atoms with Crippen molar-refractivity contribution in [2.45, 2.75) is 45.4 Å². The standard InChI is InChI=1S/C13H20BrNO/c1-4-9(2)16-13(10(3)15)11-5-7-12(14)8-6-11/h5-10,13H,4,15H2,1-3H3. The SMILES string of the molecule is CCC(C)OC(c1ccc(Br)cc1)C(C)N. The van der Waals surface area contributed by atoms with Crippen molar-refractivity contribution >= 4 is 15.9 Å². The van der Waals surface area contributed by atoms with Crippen molar-refractivity contribution in [3.63, 3.8) is 0 Å². The van der Waals surface area contributed by atoms with Gasteiger partial charge in [-0.2, -0.15) is 0 Å². The van der Waals surface area contributed by atoms with E-state index in [1.807, 2.05) is 19.1 Å². The van der Waals surface area contributed by atoms with Crippen LogP contribution in [0, 0.1) is 0 Å². The summed E-state index contributed by atoms with van der Waals surface area (Å²) in [6, 6.07) is 8.14. The Kier molecular flexibility index (Phi) is 5.46. The minimum absolute atomic E-state index is 0.00447. The average Bonchev–Trinajstić information content (AvgIpc) is 2.26. The van der Waals surface area contributed by atoms with E-state index in [4.69, 9.17) is 10.5 Å². The molecule has 0 aromatic heterocycles. The average molecular weight is 286 g/mol. The van der Waals surface area contributed by atoms with Crippen LogP contribution in [-0.4, -0.2) is 12.1 Å². The highest BCUT2D eigenvalue weighted by molar-refractivity contribution is 9.10. The summed E-state index contributed by atoms with van der Waals surface area (Å²) >= 11 is 3.42. The second-order valence-electron chi connectivity index (χ2n) is 4.19. The maximum absolute atomic E-state index is 5.97. The highest BCUT2D eigenvalue weighted by atomic mass is 79.9. The third-order valence-corrected chi connectivity index (χ3v) is 3.16. The fourth-order valence-electron chi connectivity index (χ4n) is 1.51. The Labute approximate surface area is 106 Å². The fraction of sp³-hybridized carbons (Fsp3) is 0.538. The van der Waals surface area contributed by atoms with Crippen LogP contribution in [0.3, 0.4) is 0 Å². The lowest BCUT2D eigenvalue weighted by Gasteiger charge is -2.25. The Hall–Kier alpha value is -0.380. The lowest BCUT2D eigenvalue weighted by Crippen LogP contribution is -2.29. The van der Waals surface area contributed by atoms with Crippen LogP contribution in [0.25, 0.3) is 0 Å². The molecule has 0 amide bonds. The van der Waals surface area contributed by atoms with E-state index < -0.39 is 0 Å². The summed E-state index contributed by atoms with van der Waals surface area (Å²) in [7, 11) is 0. The van der Waals surface area contributed by atoms with Gasteiger partial charge in [-0.25, -0.2) is 0 Å². The molecule has 0 spiro atoms. The van der Waals surface area contributed by atoms with Crippen LogP contribution in [0.4, 0.5) is 0 Å². The van der Waals surface area contributed by atoms with Gasteiger partial charge in [0.15, 0.2) is 0 Å². The summed E-state index contributed by atoms with van der Waals surface area (Å²) in [5.74, 6) is 0. The predicted octanol–water partition coefficient (Wildman–Crippen LogP) is 3.65. The summed E-state index contributed by atoms with van der Waals surface area (Å²) in [5, 5.41) is 0. The van der Waals surface area contributed by atoms with E-state index in [1.54, 1.807) is 0 Å². The van der Waals surface area contributed by atoms with E-state index in [1.165, 1.54) is 0 Å². The van der Waals surface area contributed by atoms with Crippen molar-refractivity contribution in [3.05, 3.63) is 34.3 Å². The molecule has 90 valence electrons. The van der Waals surface area contributed by atoms with E-state index in [2.05, 4.69) is 41.9 Å². The highest BCUT2D eigenvalue weighted by Crippen LogP contribution is 2.24. The number of rotatable bonds is 5. The molecule has 2 N–H and O–H groups in total. The smallest absolute Gasteiger partial charge is 0.0976 e. The third kappa shape index (κ3) is 3.89. The molecule has 0 aliphatic heterocycles. The topological polar surface area (TPSA) is 35.2 Å². The zero-order valence-corrected chi connectivity index (χ0v) is 11.7. The molecule has 0 radical (unpaired) electrons. The van der Waals surface area contributed by atoms with E-state index in [0.29, 0.717) is 0 Å². The molecular weight excluding hydrogens is 266 g/mol. The molecule has 0 saturated carbocycles. The Balaban J connectivity index is 2.81. The van der Waals surface area contributed by atoms with Crippen LogP contribution in [0.5, 0.6) is 0 Å². The van der Waals surface area contributed by atoms with Crippen LogP contribution in [0.2, 0.25) is 0 Å². The lowest BCUT2D eigenvalue weighted by atomic mass is 10.0. The van der Waals surface area contributed by atoms with Crippen molar-refractivity contribution in [1.29, 1.82) is 0 Å². The van der Waals surface area contributed by atoms with Crippen LogP contribution in [0.15, 0.2) is 28.7 Å².